The van der Waals surface area contributed by atoms with Crippen LogP contribution < -0.4 is 15.4 Å². The summed E-state index contributed by atoms with van der Waals surface area (Å²) in [6, 6.07) is 14.1. The van der Waals surface area contributed by atoms with Crippen molar-refractivity contribution in [1.29, 1.82) is 0 Å². The van der Waals surface area contributed by atoms with Crippen molar-refractivity contribution in [1.82, 2.24) is 9.62 Å². The zero-order chi connectivity index (χ0) is 21.4. The van der Waals surface area contributed by atoms with Crippen molar-refractivity contribution >= 4 is 21.6 Å². The van der Waals surface area contributed by atoms with Gasteiger partial charge in [-0.3, -0.25) is 4.79 Å². The lowest BCUT2D eigenvalue weighted by molar-refractivity contribution is -0.120. The van der Waals surface area contributed by atoms with Crippen molar-refractivity contribution in [2.24, 2.45) is 0 Å². The van der Waals surface area contributed by atoms with Crippen LogP contribution in [0, 0.1) is 0 Å². The van der Waals surface area contributed by atoms with E-state index in [1.54, 1.807) is 19.9 Å². The Balaban J connectivity index is 2.12. The Morgan fingerprint density at radius 2 is 1.76 bits per heavy atom. The summed E-state index contributed by atoms with van der Waals surface area (Å²) in [6.07, 6.45) is 0. The third kappa shape index (κ3) is 5.71. The number of nitrogens with zero attached hydrogens (tertiary/aromatic N) is 1. The van der Waals surface area contributed by atoms with Gasteiger partial charge in [-0.1, -0.05) is 44.2 Å². The lowest BCUT2D eigenvalue weighted by atomic mass is 10.1. The molecule has 0 heterocycles. The minimum absolute atomic E-state index is 0.0116. The number of hydrogen-bond acceptors (Lipinski definition) is 5. The topological polar surface area (TPSA) is 87.7 Å². The lowest BCUT2D eigenvalue weighted by Gasteiger charge is -2.20. The number of anilines is 1. The Morgan fingerprint density at radius 1 is 1.10 bits per heavy atom. The van der Waals surface area contributed by atoms with E-state index in [-0.39, 0.29) is 23.4 Å². The molecule has 1 amide bonds. The largest absolute Gasteiger partial charge is 0.495 e. The van der Waals surface area contributed by atoms with Gasteiger partial charge in [0.2, 0.25) is 15.9 Å². The van der Waals surface area contributed by atoms with Crippen LogP contribution in [0.15, 0.2) is 53.4 Å². The standard InChI is InChI=1S/C21H29N3O4S/c1-5-24(6-2)29(26,27)18-12-13-20(28-4)19(14-18)22-15-21(25)23-16(3)17-10-8-7-9-11-17/h7-14,16,22H,5-6,15H2,1-4H3,(H,23,25). The first kappa shape index (κ1) is 22.7. The zero-order valence-corrected chi connectivity index (χ0v) is 18.1. The summed E-state index contributed by atoms with van der Waals surface area (Å²) in [5.74, 6) is 0.257. The highest BCUT2D eigenvalue weighted by atomic mass is 32.2. The first-order valence-corrected chi connectivity index (χ1v) is 11.0. The summed E-state index contributed by atoms with van der Waals surface area (Å²) in [5, 5.41) is 5.90. The van der Waals surface area contributed by atoms with Crippen LogP contribution in [0.2, 0.25) is 0 Å². The van der Waals surface area contributed by atoms with Crippen molar-refractivity contribution in [3.63, 3.8) is 0 Å². The summed E-state index contributed by atoms with van der Waals surface area (Å²) < 4.78 is 32.2. The maximum absolute atomic E-state index is 12.8. The van der Waals surface area contributed by atoms with Crippen LogP contribution in [0.3, 0.4) is 0 Å². The predicted molar refractivity (Wildman–Crippen MR) is 115 cm³/mol. The fraction of sp³-hybridized carbons (Fsp3) is 0.381. The number of rotatable bonds is 10. The number of amides is 1. The highest BCUT2D eigenvalue weighted by molar-refractivity contribution is 7.89. The van der Waals surface area contributed by atoms with Gasteiger partial charge in [0.15, 0.2) is 0 Å². The van der Waals surface area contributed by atoms with Gasteiger partial charge < -0.3 is 15.4 Å². The van der Waals surface area contributed by atoms with Gasteiger partial charge >= 0.3 is 0 Å². The first-order chi connectivity index (χ1) is 13.8. The van der Waals surface area contributed by atoms with Crippen molar-refractivity contribution in [2.75, 3.05) is 32.1 Å². The third-order valence-electron chi connectivity index (χ3n) is 4.63. The predicted octanol–water partition coefficient (Wildman–Crippen LogP) is 3.02. The summed E-state index contributed by atoms with van der Waals surface area (Å²) in [6.45, 7) is 6.25. The van der Waals surface area contributed by atoms with Gasteiger partial charge in [-0.25, -0.2) is 8.42 Å². The second-order valence-corrected chi connectivity index (χ2v) is 8.44. The van der Waals surface area contributed by atoms with Crippen LogP contribution >= 0.6 is 0 Å². The van der Waals surface area contributed by atoms with Crippen LogP contribution in [0.25, 0.3) is 0 Å². The van der Waals surface area contributed by atoms with Crippen LogP contribution in [-0.2, 0) is 14.8 Å². The quantitative estimate of drug-likeness (QED) is 0.618. The molecule has 1 unspecified atom stereocenters. The minimum atomic E-state index is -3.61. The maximum Gasteiger partial charge on any atom is 0.243 e. The molecule has 2 N–H and O–H groups in total. The van der Waals surface area contributed by atoms with E-state index < -0.39 is 10.0 Å². The number of ether oxygens (including phenoxy) is 1. The van der Waals surface area contributed by atoms with E-state index >= 15 is 0 Å². The molecule has 7 nitrogen and oxygen atoms in total. The highest BCUT2D eigenvalue weighted by Crippen LogP contribution is 2.28. The number of benzene rings is 2. The molecule has 0 aliphatic heterocycles. The molecule has 0 aliphatic rings. The average Bonchev–Trinajstić information content (AvgIpc) is 2.73. The van der Waals surface area contributed by atoms with Crippen molar-refractivity contribution < 1.29 is 17.9 Å². The zero-order valence-electron chi connectivity index (χ0n) is 17.3. The van der Waals surface area contributed by atoms with Crippen molar-refractivity contribution in [3.05, 3.63) is 54.1 Å². The van der Waals surface area contributed by atoms with Gasteiger partial charge in [-0.2, -0.15) is 4.31 Å². The molecule has 2 rings (SSSR count). The second-order valence-electron chi connectivity index (χ2n) is 6.50. The molecule has 2 aromatic carbocycles. The average molecular weight is 420 g/mol. The summed E-state index contributed by atoms with van der Waals surface area (Å²) >= 11 is 0. The number of hydrogen-bond donors (Lipinski definition) is 2. The van der Waals surface area contributed by atoms with Gasteiger partial charge in [-0.05, 0) is 30.7 Å². The third-order valence-corrected chi connectivity index (χ3v) is 6.68. The Labute approximate surface area is 173 Å². The van der Waals surface area contributed by atoms with Gasteiger partial charge in [0.25, 0.3) is 0 Å². The number of sulfonamides is 1. The Kier molecular flexibility index (Phi) is 8.04. The van der Waals surface area contributed by atoms with Gasteiger partial charge in [0.05, 0.1) is 30.3 Å². The number of carbonyl (C=O) groups is 1. The first-order valence-electron chi connectivity index (χ1n) is 9.59. The normalized spacial score (nSPS) is 12.4. The number of methoxy groups -OCH3 is 1. The highest BCUT2D eigenvalue weighted by Gasteiger charge is 2.23. The summed E-state index contributed by atoms with van der Waals surface area (Å²) in [7, 11) is -2.11. The Bertz CT molecular complexity index is 913. The fourth-order valence-electron chi connectivity index (χ4n) is 2.99. The van der Waals surface area contributed by atoms with E-state index in [2.05, 4.69) is 10.6 Å². The van der Waals surface area contributed by atoms with E-state index in [4.69, 9.17) is 4.74 Å². The van der Waals surface area contributed by atoms with Crippen LogP contribution in [-0.4, -0.2) is 45.4 Å². The molecule has 0 fully saturated rings. The molecule has 0 spiro atoms. The molecular weight excluding hydrogens is 390 g/mol. The molecule has 0 radical (unpaired) electrons. The molecule has 0 bridgehead atoms. The van der Waals surface area contributed by atoms with Crippen LogP contribution in [0.1, 0.15) is 32.4 Å². The van der Waals surface area contributed by atoms with E-state index in [0.717, 1.165) is 5.56 Å². The molecule has 8 heteroatoms. The van der Waals surface area contributed by atoms with E-state index in [9.17, 15) is 13.2 Å². The Hall–Kier alpha value is -2.58. The molecule has 0 saturated carbocycles. The number of nitrogens with one attached hydrogen (secondary N) is 2. The molecule has 0 saturated heterocycles. The summed E-state index contributed by atoms with van der Waals surface area (Å²) in [4.78, 5) is 12.5. The summed E-state index contributed by atoms with van der Waals surface area (Å²) in [5.41, 5.74) is 1.45. The maximum atomic E-state index is 12.8. The molecule has 0 aromatic heterocycles. The molecule has 29 heavy (non-hydrogen) atoms. The molecule has 2 aromatic rings. The van der Waals surface area contributed by atoms with E-state index in [1.807, 2.05) is 37.3 Å². The van der Waals surface area contributed by atoms with Crippen molar-refractivity contribution in [2.45, 2.75) is 31.7 Å². The molecule has 1 atom stereocenters. The van der Waals surface area contributed by atoms with Gasteiger partial charge in [0.1, 0.15) is 5.75 Å². The number of carbonyl (C=O) groups excluding carboxylic acids is 1. The lowest BCUT2D eigenvalue weighted by Crippen LogP contribution is -2.32. The smallest absolute Gasteiger partial charge is 0.243 e. The van der Waals surface area contributed by atoms with Gasteiger partial charge in [-0.15, -0.1) is 0 Å². The van der Waals surface area contributed by atoms with Crippen molar-refractivity contribution in [3.8, 4) is 5.75 Å². The molecule has 158 valence electrons. The SMILES string of the molecule is CCN(CC)S(=O)(=O)c1ccc(OC)c(NCC(=O)NC(C)c2ccccc2)c1. The van der Waals surface area contributed by atoms with E-state index in [1.165, 1.54) is 23.5 Å². The van der Waals surface area contributed by atoms with Crippen LogP contribution in [0.5, 0.6) is 5.75 Å². The fourth-order valence-corrected chi connectivity index (χ4v) is 4.48. The van der Waals surface area contributed by atoms with Crippen LogP contribution in [0.4, 0.5) is 5.69 Å². The molecular formula is C21H29N3O4S. The molecule has 0 aliphatic carbocycles. The van der Waals surface area contributed by atoms with E-state index in [0.29, 0.717) is 24.5 Å². The monoisotopic (exact) mass is 419 g/mol. The second kappa shape index (κ2) is 10.3. The minimum Gasteiger partial charge on any atom is -0.495 e. The Morgan fingerprint density at radius 3 is 2.34 bits per heavy atom. The van der Waals surface area contributed by atoms with Gasteiger partial charge in [0, 0.05) is 13.1 Å².